The van der Waals surface area contributed by atoms with E-state index in [0.29, 0.717) is 25.5 Å². The van der Waals surface area contributed by atoms with Gasteiger partial charge in [-0.3, -0.25) is 0 Å². The Morgan fingerprint density at radius 3 is 2.63 bits per heavy atom. The van der Waals surface area contributed by atoms with Crippen LogP contribution in [-0.2, 0) is 28.2 Å². The van der Waals surface area contributed by atoms with Crippen molar-refractivity contribution < 1.29 is 18.4 Å². The van der Waals surface area contributed by atoms with Crippen LogP contribution in [0.1, 0.15) is 63.0 Å². The highest BCUT2D eigenvalue weighted by Gasteiger charge is 2.20. The van der Waals surface area contributed by atoms with Gasteiger partial charge < -0.3 is 28.5 Å². The van der Waals surface area contributed by atoms with Crippen molar-refractivity contribution in [3.8, 4) is 16.9 Å². The quantitative estimate of drug-likeness (QED) is 0.0829. The summed E-state index contributed by atoms with van der Waals surface area (Å²) in [5, 5.41) is 0. The van der Waals surface area contributed by atoms with Gasteiger partial charge in [-0.2, -0.15) is 0 Å². The molecule has 1 unspecified atom stereocenters. The van der Waals surface area contributed by atoms with Gasteiger partial charge in [-0.05, 0) is 102 Å². The zero-order chi connectivity index (χ0) is 34.0. The molecule has 0 aliphatic carbocycles. The zero-order valence-corrected chi connectivity index (χ0v) is 29.3. The molecular formula is C39H46FN5O3S. The lowest BCUT2D eigenvalue weighted by Gasteiger charge is -2.28. The second-order valence-corrected chi connectivity index (χ2v) is 13.8. The van der Waals surface area contributed by atoms with Crippen LogP contribution in [0.15, 0.2) is 78.1 Å². The number of benzene rings is 3. The van der Waals surface area contributed by atoms with Crippen LogP contribution >= 0.6 is 0 Å². The minimum Gasteiger partial charge on any atom is -0.611 e. The summed E-state index contributed by atoms with van der Waals surface area (Å²) in [5.41, 5.74) is 7.92. The van der Waals surface area contributed by atoms with Crippen molar-refractivity contribution >= 4 is 39.5 Å². The maximum absolute atomic E-state index is 13.6. The molecule has 3 heterocycles. The number of alkyl halides is 1. The van der Waals surface area contributed by atoms with Gasteiger partial charge in [0.05, 0.1) is 35.9 Å². The van der Waals surface area contributed by atoms with Gasteiger partial charge in [0.15, 0.2) is 10.6 Å². The molecule has 258 valence electrons. The monoisotopic (exact) mass is 683 g/mol. The summed E-state index contributed by atoms with van der Waals surface area (Å²) in [6.07, 6.45) is 10.6. The highest BCUT2D eigenvalue weighted by Crippen LogP contribution is 2.35. The molecule has 2 aromatic heterocycles. The third-order valence-electron chi connectivity index (χ3n) is 8.82. The van der Waals surface area contributed by atoms with Gasteiger partial charge in [-0.25, -0.2) is 14.4 Å². The first-order valence-corrected chi connectivity index (χ1v) is 18.7. The molecule has 0 fully saturated rings. The van der Waals surface area contributed by atoms with Crippen LogP contribution < -0.4 is 9.64 Å². The largest absolute Gasteiger partial charge is 0.611 e. The van der Waals surface area contributed by atoms with Crippen molar-refractivity contribution in [2.24, 2.45) is 0 Å². The molecule has 0 bridgehead atoms. The number of aryl methyl sites for hydroxylation is 1. The number of imidazole rings is 2. The maximum atomic E-state index is 13.6. The van der Waals surface area contributed by atoms with E-state index in [2.05, 4.69) is 69.7 Å². The van der Waals surface area contributed by atoms with Crippen molar-refractivity contribution in [3.63, 3.8) is 0 Å². The van der Waals surface area contributed by atoms with Gasteiger partial charge in [0.1, 0.15) is 24.9 Å². The van der Waals surface area contributed by atoms with Crippen LogP contribution in [0.25, 0.3) is 33.8 Å². The highest BCUT2D eigenvalue weighted by molar-refractivity contribution is 7.90. The van der Waals surface area contributed by atoms with Crippen LogP contribution in [-0.4, -0.2) is 63.7 Å². The Kier molecular flexibility index (Phi) is 12.1. The summed E-state index contributed by atoms with van der Waals surface area (Å²) < 4.78 is 40.6. The molecule has 1 aliphatic rings. The summed E-state index contributed by atoms with van der Waals surface area (Å²) >= 11 is -1.22. The van der Waals surface area contributed by atoms with E-state index in [0.717, 1.165) is 113 Å². The SMILES string of the molecule is CCCCOCCOc1ccc(-c2ccc3c(c2)/C=C(/c2nc4cc([S+]([O-])Cc5cncn5CCC)ccc4[nH]2)CCCN3CCF)cc1. The standard InChI is InChI=1S/C39H46FN5O3S/c1-3-5-20-47-21-22-48-34-11-8-29(9-12-34)30-10-15-38-32(23-30)24-31(7-6-18-44(38)19-16-40)39-42-36-14-13-35(25-37(36)43-39)49(46)27-33-26-41-28-45(33)17-4-2/h8-15,23-26,28H,3-7,16-22,27H2,1-2H3,(H,42,43)/b31-24+. The predicted molar refractivity (Wildman–Crippen MR) is 197 cm³/mol. The van der Waals surface area contributed by atoms with Crippen molar-refractivity contribution in [3.05, 3.63) is 90.3 Å². The number of unbranched alkanes of at least 4 members (excludes halogenated alkanes) is 1. The molecule has 0 amide bonds. The van der Waals surface area contributed by atoms with Crippen molar-refractivity contribution in [1.82, 2.24) is 19.5 Å². The third-order valence-corrected chi connectivity index (χ3v) is 10.2. The predicted octanol–water partition coefficient (Wildman–Crippen LogP) is 8.45. The number of fused-ring (bicyclic) bond motifs is 2. The van der Waals surface area contributed by atoms with Crippen LogP contribution in [0.2, 0.25) is 0 Å². The number of ether oxygens (including phenoxy) is 2. The molecule has 1 aliphatic heterocycles. The lowest BCUT2D eigenvalue weighted by Crippen LogP contribution is -2.28. The van der Waals surface area contributed by atoms with E-state index in [1.165, 1.54) is 0 Å². The summed E-state index contributed by atoms with van der Waals surface area (Å²) in [6.45, 7) is 7.69. The maximum Gasteiger partial charge on any atom is 0.155 e. The summed E-state index contributed by atoms with van der Waals surface area (Å²) in [5.74, 6) is 2.02. The fraction of sp³-hybridized carbons (Fsp3) is 0.385. The van der Waals surface area contributed by atoms with Gasteiger partial charge in [0, 0.05) is 38.0 Å². The Morgan fingerprint density at radius 1 is 0.959 bits per heavy atom. The number of aromatic amines is 1. The number of rotatable bonds is 16. The first-order valence-electron chi connectivity index (χ1n) is 17.4. The van der Waals surface area contributed by atoms with Crippen LogP contribution in [0.5, 0.6) is 5.75 Å². The van der Waals surface area contributed by atoms with E-state index < -0.39 is 17.9 Å². The molecule has 0 saturated heterocycles. The minimum atomic E-state index is -1.22. The van der Waals surface area contributed by atoms with E-state index in [-0.39, 0.29) is 0 Å². The zero-order valence-electron chi connectivity index (χ0n) is 28.5. The Morgan fingerprint density at radius 2 is 1.82 bits per heavy atom. The fourth-order valence-corrected chi connectivity index (χ4v) is 7.36. The molecule has 5 aromatic rings. The average molecular weight is 684 g/mol. The first kappa shape index (κ1) is 34.7. The molecule has 8 nitrogen and oxygen atoms in total. The molecule has 49 heavy (non-hydrogen) atoms. The first-order chi connectivity index (χ1) is 24.1. The number of allylic oxidation sites excluding steroid dienone is 1. The Balaban J connectivity index is 1.23. The van der Waals surface area contributed by atoms with Crippen molar-refractivity contribution in [2.45, 2.75) is 63.1 Å². The van der Waals surface area contributed by atoms with Crippen molar-refractivity contribution in [1.29, 1.82) is 0 Å². The number of nitrogens with one attached hydrogen (secondary N) is 1. The van der Waals surface area contributed by atoms with Gasteiger partial charge in [0.2, 0.25) is 0 Å². The molecule has 3 aromatic carbocycles. The molecular weight excluding hydrogens is 638 g/mol. The van der Waals surface area contributed by atoms with E-state index in [4.69, 9.17) is 14.5 Å². The summed E-state index contributed by atoms with van der Waals surface area (Å²) in [6, 6.07) is 20.3. The average Bonchev–Trinajstić information content (AvgIpc) is 3.74. The molecule has 0 radical (unpaired) electrons. The molecule has 1 N–H and O–H groups in total. The highest BCUT2D eigenvalue weighted by atomic mass is 32.2. The molecule has 6 rings (SSSR count). The summed E-state index contributed by atoms with van der Waals surface area (Å²) in [4.78, 5) is 15.6. The third kappa shape index (κ3) is 8.73. The minimum absolute atomic E-state index is 0.355. The molecule has 10 heteroatoms. The lowest BCUT2D eigenvalue weighted by atomic mass is 9.96. The number of halogens is 1. The van der Waals surface area contributed by atoms with E-state index in [9.17, 15) is 8.94 Å². The number of hydrogen-bond donors (Lipinski definition) is 1. The lowest BCUT2D eigenvalue weighted by molar-refractivity contribution is 0.0981. The number of H-pyrrole nitrogens is 1. The fourth-order valence-electron chi connectivity index (χ4n) is 6.22. The molecule has 0 saturated carbocycles. The normalized spacial score (nSPS) is 15.0. The number of hydrogen-bond acceptors (Lipinski definition) is 6. The summed E-state index contributed by atoms with van der Waals surface area (Å²) in [7, 11) is 0. The van der Waals surface area contributed by atoms with Crippen LogP contribution in [0.3, 0.4) is 0 Å². The topological polar surface area (TPSA) is 91.3 Å². The van der Waals surface area contributed by atoms with Crippen molar-refractivity contribution in [2.75, 3.05) is 44.5 Å². The van der Waals surface area contributed by atoms with E-state index in [1.807, 2.05) is 30.3 Å². The number of aromatic nitrogens is 4. The molecule has 0 spiro atoms. The molecule has 1 atom stereocenters. The smallest absolute Gasteiger partial charge is 0.155 e. The van der Waals surface area contributed by atoms with Gasteiger partial charge in [-0.1, -0.05) is 38.5 Å². The van der Waals surface area contributed by atoms with E-state index in [1.54, 1.807) is 12.5 Å². The Hall–Kier alpha value is -4.12. The van der Waals surface area contributed by atoms with Gasteiger partial charge in [0.25, 0.3) is 0 Å². The Bertz CT molecular complexity index is 1840. The van der Waals surface area contributed by atoms with Gasteiger partial charge in [-0.15, -0.1) is 0 Å². The van der Waals surface area contributed by atoms with Crippen LogP contribution in [0.4, 0.5) is 10.1 Å². The Labute approximate surface area is 291 Å². The van der Waals surface area contributed by atoms with E-state index >= 15 is 0 Å². The number of anilines is 1. The second kappa shape index (κ2) is 17.0. The number of nitrogens with zero attached hydrogens (tertiary/aromatic N) is 4. The van der Waals surface area contributed by atoms with Crippen LogP contribution in [0, 0.1) is 0 Å². The second-order valence-electron chi connectivity index (χ2n) is 12.4. The van der Waals surface area contributed by atoms with Gasteiger partial charge >= 0.3 is 0 Å².